The van der Waals surface area contributed by atoms with Crippen LogP contribution in [-0.2, 0) is 11.3 Å². The van der Waals surface area contributed by atoms with Crippen LogP contribution < -0.4 is 9.47 Å². The summed E-state index contributed by atoms with van der Waals surface area (Å²) in [5.74, 6) is 1.85. The lowest BCUT2D eigenvalue weighted by atomic mass is 9.95. The summed E-state index contributed by atoms with van der Waals surface area (Å²) >= 11 is 0. The second-order valence-electron chi connectivity index (χ2n) is 7.42. The average molecular weight is 401 g/mol. The Morgan fingerprint density at radius 3 is 2.76 bits per heavy atom. The topological polar surface area (TPSA) is 70.7 Å². The molecule has 0 unspecified atom stereocenters. The van der Waals surface area contributed by atoms with Crippen LogP contribution in [0.2, 0.25) is 0 Å². The second kappa shape index (κ2) is 9.78. The third kappa shape index (κ3) is 4.72. The van der Waals surface area contributed by atoms with Gasteiger partial charge in [-0.15, -0.1) is 0 Å². The summed E-state index contributed by atoms with van der Waals surface area (Å²) in [5.41, 5.74) is 3.00. The maximum atomic E-state index is 12.8. The molecular formula is C22H32N4O3. The molecular weight excluding hydrogens is 368 g/mol. The van der Waals surface area contributed by atoms with Crippen LogP contribution in [0, 0.1) is 5.92 Å². The monoisotopic (exact) mass is 400 g/mol. The van der Waals surface area contributed by atoms with E-state index >= 15 is 0 Å². The normalized spacial score (nSPS) is 17.2. The molecule has 3 rings (SSSR count). The van der Waals surface area contributed by atoms with Crippen LogP contribution in [0.25, 0.3) is 11.3 Å². The van der Waals surface area contributed by atoms with E-state index in [1.807, 2.05) is 43.1 Å². The number of benzene rings is 1. The van der Waals surface area contributed by atoms with Crippen molar-refractivity contribution >= 4 is 5.91 Å². The van der Waals surface area contributed by atoms with Gasteiger partial charge in [-0.3, -0.25) is 14.8 Å². The van der Waals surface area contributed by atoms with E-state index in [0.717, 1.165) is 73.9 Å². The Labute approximate surface area is 173 Å². The number of hydrogen-bond donors (Lipinski definition) is 1. The molecule has 158 valence electrons. The van der Waals surface area contributed by atoms with Crippen molar-refractivity contribution in [2.75, 3.05) is 40.4 Å². The Morgan fingerprint density at radius 2 is 2.07 bits per heavy atom. The summed E-state index contributed by atoms with van der Waals surface area (Å²) in [7, 11) is 3.30. The highest BCUT2D eigenvalue weighted by atomic mass is 16.5. The van der Waals surface area contributed by atoms with Gasteiger partial charge in [0, 0.05) is 43.4 Å². The molecule has 1 atom stereocenters. The molecule has 1 saturated heterocycles. The van der Waals surface area contributed by atoms with Crippen LogP contribution in [-0.4, -0.2) is 66.3 Å². The molecule has 7 heteroatoms. The number of methoxy groups -OCH3 is 2. The zero-order valence-corrected chi connectivity index (χ0v) is 17.9. The Hall–Kier alpha value is -2.54. The number of carbonyl (C=O) groups excluding carboxylic acids is 1. The third-order valence-electron chi connectivity index (χ3n) is 5.72. The number of piperidine rings is 1. The fraction of sp³-hybridized carbons (Fsp3) is 0.545. The first-order valence-corrected chi connectivity index (χ1v) is 10.4. The summed E-state index contributed by atoms with van der Waals surface area (Å²) in [5, 5.41) is 7.40. The predicted octanol–water partition coefficient (Wildman–Crippen LogP) is 3.17. The standard InChI is InChI=1S/C22H32N4O3/c1-5-26(6-2)22(27)16-8-7-11-25(14-16)15-17-13-23-24-21(17)19-10-9-18(28-3)12-20(19)29-4/h9-10,12-13,16H,5-8,11,14-15H2,1-4H3,(H,23,24)/t16-/m0/s1. The van der Waals surface area contributed by atoms with E-state index in [1.165, 1.54) is 0 Å². The van der Waals surface area contributed by atoms with Gasteiger partial charge < -0.3 is 14.4 Å². The number of aromatic amines is 1. The first kappa shape index (κ1) is 21.2. The van der Waals surface area contributed by atoms with Gasteiger partial charge in [-0.25, -0.2) is 0 Å². The van der Waals surface area contributed by atoms with Gasteiger partial charge in [0.1, 0.15) is 11.5 Å². The van der Waals surface area contributed by atoms with Crippen molar-refractivity contribution in [1.82, 2.24) is 20.0 Å². The fourth-order valence-electron chi connectivity index (χ4n) is 4.10. The molecule has 1 aliphatic rings. The quantitative estimate of drug-likeness (QED) is 0.737. The molecule has 1 aromatic carbocycles. The Kier molecular flexibility index (Phi) is 7.14. The van der Waals surface area contributed by atoms with Crippen LogP contribution in [0.5, 0.6) is 11.5 Å². The molecule has 0 aliphatic carbocycles. The molecule has 0 spiro atoms. The van der Waals surface area contributed by atoms with E-state index < -0.39 is 0 Å². The van der Waals surface area contributed by atoms with Crippen molar-refractivity contribution < 1.29 is 14.3 Å². The largest absolute Gasteiger partial charge is 0.497 e. The Morgan fingerprint density at radius 1 is 1.28 bits per heavy atom. The number of carbonyl (C=O) groups is 1. The SMILES string of the molecule is CCN(CC)C(=O)[C@H]1CCCN(Cc2cn[nH]c2-c2ccc(OC)cc2OC)C1. The predicted molar refractivity (Wildman–Crippen MR) is 113 cm³/mol. The average Bonchev–Trinajstić information content (AvgIpc) is 3.21. The minimum atomic E-state index is 0.0783. The van der Waals surface area contributed by atoms with E-state index in [9.17, 15) is 4.79 Å². The molecule has 2 aromatic rings. The summed E-state index contributed by atoms with van der Waals surface area (Å²) in [6, 6.07) is 5.78. The van der Waals surface area contributed by atoms with Crippen LogP contribution in [0.15, 0.2) is 24.4 Å². The molecule has 1 aromatic heterocycles. The molecule has 1 aliphatic heterocycles. The van der Waals surface area contributed by atoms with Crippen LogP contribution in [0.3, 0.4) is 0 Å². The van der Waals surface area contributed by atoms with Gasteiger partial charge in [-0.1, -0.05) is 0 Å². The first-order valence-electron chi connectivity index (χ1n) is 10.4. The van der Waals surface area contributed by atoms with Crippen LogP contribution in [0.4, 0.5) is 0 Å². The molecule has 1 N–H and O–H groups in total. The summed E-state index contributed by atoms with van der Waals surface area (Å²) in [6.07, 6.45) is 3.88. The molecule has 0 saturated carbocycles. The number of nitrogens with one attached hydrogen (secondary N) is 1. The van der Waals surface area contributed by atoms with E-state index in [0.29, 0.717) is 0 Å². The van der Waals surface area contributed by atoms with Crippen molar-refractivity contribution in [3.63, 3.8) is 0 Å². The number of aromatic nitrogens is 2. The molecule has 1 amide bonds. The van der Waals surface area contributed by atoms with E-state index in [2.05, 4.69) is 15.1 Å². The lowest BCUT2D eigenvalue weighted by Gasteiger charge is -2.34. The number of likely N-dealkylation sites (tertiary alicyclic amines) is 1. The van der Waals surface area contributed by atoms with Gasteiger partial charge >= 0.3 is 0 Å². The fourth-order valence-corrected chi connectivity index (χ4v) is 4.10. The first-order chi connectivity index (χ1) is 14.1. The molecule has 29 heavy (non-hydrogen) atoms. The number of rotatable bonds is 8. The zero-order chi connectivity index (χ0) is 20.8. The maximum Gasteiger partial charge on any atom is 0.226 e. The molecule has 0 radical (unpaired) electrons. The van der Waals surface area contributed by atoms with Gasteiger partial charge in [-0.05, 0) is 45.4 Å². The number of nitrogens with zero attached hydrogens (tertiary/aromatic N) is 3. The minimum absolute atomic E-state index is 0.0783. The maximum absolute atomic E-state index is 12.8. The highest BCUT2D eigenvalue weighted by molar-refractivity contribution is 5.79. The number of hydrogen-bond acceptors (Lipinski definition) is 5. The third-order valence-corrected chi connectivity index (χ3v) is 5.72. The van der Waals surface area contributed by atoms with Crippen molar-refractivity contribution in [2.45, 2.75) is 33.2 Å². The second-order valence-corrected chi connectivity index (χ2v) is 7.42. The summed E-state index contributed by atoms with van der Waals surface area (Å²) < 4.78 is 10.9. The lowest BCUT2D eigenvalue weighted by Crippen LogP contribution is -2.44. The Bertz CT molecular complexity index is 816. The summed E-state index contributed by atoms with van der Waals surface area (Å²) in [6.45, 7) is 8.17. The van der Waals surface area contributed by atoms with E-state index in [4.69, 9.17) is 9.47 Å². The van der Waals surface area contributed by atoms with Crippen LogP contribution in [0.1, 0.15) is 32.3 Å². The highest BCUT2D eigenvalue weighted by Crippen LogP contribution is 2.34. The highest BCUT2D eigenvalue weighted by Gasteiger charge is 2.29. The van der Waals surface area contributed by atoms with Gasteiger partial charge in [0.2, 0.25) is 5.91 Å². The van der Waals surface area contributed by atoms with Crippen molar-refractivity contribution in [1.29, 1.82) is 0 Å². The minimum Gasteiger partial charge on any atom is -0.497 e. The number of ether oxygens (including phenoxy) is 2. The summed E-state index contributed by atoms with van der Waals surface area (Å²) in [4.78, 5) is 17.1. The van der Waals surface area contributed by atoms with Crippen molar-refractivity contribution in [3.05, 3.63) is 30.0 Å². The smallest absolute Gasteiger partial charge is 0.226 e. The van der Waals surface area contributed by atoms with Gasteiger partial charge in [0.15, 0.2) is 0 Å². The van der Waals surface area contributed by atoms with Crippen LogP contribution >= 0.6 is 0 Å². The number of amides is 1. The molecule has 1 fully saturated rings. The van der Waals surface area contributed by atoms with Gasteiger partial charge in [-0.2, -0.15) is 5.10 Å². The number of H-pyrrole nitrogens is 1. The van der Waals surface area contributed by atoms with E-state index in [1.54, 1.807) is 14.2 Å². The van der Waals surface area contributed by atoms with Gasteiger partial charge in [0.05, 0.1) is 32.0 Å². The van der Waals surface area contributed by atoms with Gasteiger partial charge in [0.25, 0.3) is 0 Å². The lowest BCUT2D eigenvalue weighted by molar-refractivity contribution is -0.137. The molecule has 2 heterocycles. The Balaban J connectivity index is 1.76. The van der Waals surface area contributed by atoms with Crippen molar-refractivity contribution in [2.24, 2.45) is 5.92 Å². The zero-order valence-electron chi connectivity index (χ0n) is 17.9. The molecule has 0 bridgehead atoms. The van der Waals surface area contributed by atoms with Crippen molar-refractivity contribution in [3.8, 4) is 22.8 Å². The van der Waals surface area contributed by atoms with E-state index in [-0.39, 0.29) is 11.8 Å². The molecule has 7 nitrogen and oxygen atoms in total.